The number of hydrogen-bond acceptors (Lipinski definition) is 6. The van der Waals surface area contributed by atoms with Gasteiger partial charge in [0.1, 0.15) is 5.75 Å². The number of anilines is 2. The first kappa shape index (κ1) is 14.2. The summed E-state index contributed by atoms with van der Waals surface area (Å²) in [6, 6.07) is 3.65. The van der Waals surface area contributed by atoms with E-state index in [1.807, 2.05) is 6.07 Å². The van der Waals surface area contributed by atoms with Gasteiger partial charge in [0.05, 0.1) is 37.7 Å². The van der Waals surface area contributed by atoms with E-state index in [1.54, 1.807) is 6.07 Å². The zero-order valence-corrected chi connectivity index (χ0v) is 12.0. The first-order chi connectivity index (χ1) is 10.3. The van der Waals surface area contributed by atoms with Gasteiger partial charge in [0.15, 0.2) is 6.29 Å². The quantitative estimate of drug-likeness (QED) is 0.834. The molecule has 1 aromatic rings. The summed E-state index contributed by atoms with van der Waals surface area (Å²) in [6.45, 7) is 5.69. The number of nitrogens with zero attached hydrogens (tertiary/aromatic N) is 2. The van der Waals surface area contributed by atoms with Gasteiger partial charge in [0.2, 0.25) is 0 Å². The maximum Gasteiger partial charge on any atom is 0.155 e. The van der Waals surface area contributed by atoms with Crippen LogP contribution in [0.15, 0.2) is 12.1 Å². The van der Waals surface area contributed by atoms with E-state index in [0.717, 1.165) is 43.8 Å². The average Bonchev–Trinajstić information content (AvgIpc) is 2.55. The van der Waals surface area contributed by atoms with Gasteiger partial charge in [-0.3, -0.25) is 4.79 Å². The first-order valence-corrected chi connectivity index (χ1v) is 7.27. The van der Waals surface area contributed by atoms with Crippen LogP contribution >= 0.6 is 0 Å². The number of ether oxygens (including phenoxy) is 2. The third-order valence-corrected chi connectivity index (χ3v) is 3.97. The van der Waals surface area contributed by atoms with Gasteiger partial charge in [-0.05, 0) is 6.07 Å². The Morgan fingerprint density at radius 2 is 1.52 bits per heavy atom. The van der Waals surface area contributed by atoms with Crippen molar-refractivity contribution in [2.75, 3.05) is 62.4 Å². The molecule has 0 atom stereocenters. The van der Waals surface area contributed by atoms with Gasteiger partial charge in [-0.15, -0.1) is 0 Å². The Morgan fingerprint density at radius 3 is 2.10 bits per heavy atom. The predicted molar refractivity (Wildman–Crippen MR) is 79.6 cm³/mol. The second-order valence-corrected chi connectivity index (χ2v) is 5.21. The predicted octanol–water partition coefficient (Wildman–Crippen LogP) is 0.878. The van der Waals surface area contributed by atoms with Gasteiger partial charge in [0, 0.05) is 37.9 Å². The molecule has 0 aromatic heterocycles. The highest BCUT2D eigenvalue weighted by molar-refractivity contribution is 5.90. The highest BCUT2D eigenvalue weighted by Gasteiger charge is 2.21. The molecular weight excluding hydrogens is 272 g/mol. The number of morpholine rings is 2. The Kier molecular flexibility index (Phi) is 4.26. The average molecular weight is 292 g/mol. The molecule has 2 aliphatic rings. The van der Waals surface area contributed by atoms with Crippen molar-refractivity contribution in [3.63, 3.8) is 0 Å². The van der Waals surface area contributed by atoms with Gasteiger partial charge >= 0.3 is 0 Å². The second kappa shape index (κ2) is 6.32. The van der Waals surface area contributed by atoms with Crippen LogP contribution in [0.5, 0.6) is 5.75 Å². The Bertz CT molecular complexity index is 509. The van der Waals surface area contributed by atoms with Crippen molar-refractivity contribution in [3.8, 4) is 5.75 Å². The first-order valence-electron chi connectivity index (χ1n) is 7.27. The molecule has 6 nitrogen and oxygen atoms in total. The van der Waals surface area contributed by atoms with E-state index in [4.69, 9.17) is 9.47 Å². The molecule has 0 saturated carbocycles. The highest BCUT2D eigenvalue weighted by atomic mass is 16.5. The number of aromatic hydroxyl groups is 1. The fourth-order valence-electron chi connectivity index (χ4n) is 2.80. The molecule has 114 valence electrons. The molecule has 2 heterocycles. The lowest BCUT2D eigenvalue weighted by molar-refractivity contribution is 0.111. The summed E-state index contributed by atoms with van der Waals surface area (Å²) in [5.41, 5.74) is 2.08. The minimum atomic E-state index is 0.0375. The SMILES string of the molecule is O=Cc1c(O)cc(N2CCOCC2)cc1N1CCOCC1. The fraction of sp³-hybridized carbons (Fsp3) is 0.533. The van der Waals surface area contributed by atoms with Crippen LogP contribution in [-0.4, -0.2) is 64.0 Å². The number of phenols is 1. The number of carbonyl (C=O) groups excluding carboxylic acids is 1. The molecule has 21 heavy (non-hydrogen) atoms. The monoisotopic (exact) mass is 292 g/mol. The van der Waals surface area contributed by atoms with Crippen LogP contribution in [0.3, 0.4) is 0 Å². The van der Waals surface area contributed by atoms with Gasteiger partial charge in [0.25, 0.3) is 0 Å². The van der Waals surface area contributed by atoms with E-state index in [9.17, 15) is 9.90 Å². The van der Waals surface area contributed by atoms with Gasteiger partial charge < -0.3 is 24.4 Å². The van der Waals surface area contributed by atoms with Crippen LogP contribution in [0.2, 0.25) is 0 Å². The van der Waals surface area contributed by atoms with E-state index in [1.165, 1.54) is 0 Å². The Labute approximate surface area is 123 Å². The lowest BCUT2D eigenvalue weighted by Gasteiger charge is -2.33. The van der Waals surface area contributed by atoms with Crippen molar-refractivity contribution in [1.29, 1.82) is 0 Å². The van der Waals surface area contributed by atoms with Crippen molar-refractivity contribution < 1.29 is 19.4 Å². The van der Waals surface area contributed by atoms with E-state index in [0.29, 0.717) is 32.0 Å². The number of phenolic OH excluding ortho intramolecular Hbond substituents is 1. The molecule has 0 spiro atoms. The van der Waals surface area contributed by atoms with Crippen molar-refractivity contribution in [3.05, 3.63) is 17.7 Å². The minimum Gasteiger partial charge on any atom is -0.507 e. The lowest BCUT2D eigenvalue weighted by Crippen LogP contribution is -2.38. The summed E-state index contributed by atoms with van der Waals surface area (Å²) in [6.07, 6.45) is 0.725. The minimum absolute atomic E-state index is 0.0375. The molecule has 3 rings (SSSR count). The standard InChI is InChI=1S/C15H20N2O4/c18-11-13-14(17-3-7-21-8-4-17)9-12(10-15(13)19)16-1-5-20-6-2-16/h9-11,19H,1-8H2. The molecule has 0 radical (unpaired) electrons. The van der Waals surface area contributed by atoms with E-state index in [2.05, 4.69) is 9.80 Å². The number of carbonyl (C=O) groups is 1. The van der Waals surface area contributed by atoms with Crippen LogP contribution < -0.4 is 9.80 Å². The Hall–Kier alpha value is -1.79. The van der Waals surface area contributed by atoms with Crippen LogP contribution in [0.1, 0.15) is 10.4 Å². The van der Waals surface area contributed by atoms with E-state index < -0.39 is 0 Å². The van der Waals surface area contributed by atoms with Crippen LogP contribution in [0, 0.1) is 0 Å². The summed E-state index contributed by atoms with van der Waals surface area (Å²) in [5, 5.41) is 10.2. The van der Waals surface area contributed by atoms with Crippen molar-refractivity contribution in [2.45, 2.75) is 0 Å². The number of hydrogen-bond donors (Lipinski definition) is 1. The summed E-state index contributed by atoms with van der Waals surface area (Å²) >= 11 is 0. The smallest absolute Gasteiger partial charge is 0.155 e. The highest BCUT2D eigenvalue weighted by Crippen LogP contribution is 2.34. The summed E-state index contributed by atoms with van der Waals surface area (Å²) in [7, 11) is 0. The molecule has 2 fully saturated rings. The molecule has 0 bridgehead atoms. The molecule has 1 aromatic carbocycles. The van der Waals surface area contributed by atoms with Crippen molar-refractivity contribution >= 4 is 17.7 Å². The fourth-order valence-corrected chi connectivity index (χ4v) is 2.80. The third kappa shape index (κ3) is 2.96. The van der Waals surface area contributed by atoms with Crippen LogP contribution in [0.4, 0.5) is 11.4 Å². The number of rotatable bonds is 3. The second-order valence-electron chi connectivity index (χ2n) is 5.21. The largest absolute Gasteiger partial charge is 0.507 e. The van der Waals surface area contributed by atoms with Crippen LogP contribution in [-0.2, 0) is 9.47 Å². The number of benzene rings is 1. The summed E-state index contributed by atoms with van der Waals surface area (Å²) in [4.78, 5) is 15.6. The maximum atomic E-state index is 11.3. The zero-order valence-electron chi connectivity index (χ0n) is 12.0. The zero-order chi connectivity index (χ0) is 14.7. The molecule has 6 heteroatoms. The molecule has 2 aliphatic heterocycles. The van der Waals surface area contributed by atoms with Crippen molar-refractivity contribution in [2.24, 2.45) is 0 Å². The van der Waals surface area contributed by atoms with Gasteiger partial charge in [-0.25, -0.2) is 0 Å². The van der Waals surface area contributed by atoms with Crippen LogP contribution in [0.25, 0.3) is 0 Å². The van der Waals surface area contributed by atoms with Crippen molar-refractivity contribution in [1.82, 2.24) is 0 Å². The molecule has 0 aliphatic carbocycles. The van der Waals surface area contributed by atoms with E-state index >= 15 is 0 Å². The Morgan fingerprint density at radius 1 is 0.952 bits per heavy atom. The summed E-state index contributed by atoms with van der Waals surface area (Å²) in [5.74, 6) is 0.0375. The number of aldehydes is 1. The van der Waals surface area contributed by atoms with Gasteiger partial charge in [-0.1, -0.05) is 0 Å². The molecule has 0 unspecified atom stereocenters. The maximum absolute atomic E-state index is 11.3. The topological polar surface area (TPSA) is 62.2 Å². The molecular formula is C15H20N2O4. The van der Waals surface area contributed by atoms with E-state index in [-0.39, 0.29) is 5.75 Å². The lowest BCUT2D eigenvalue weighted by atomic mass is 10.1. The third-order valence-electron chi connectivity index (χ3n) is 3.97. The Balaban J connectivity index is 1.95. The molecule has 1 N–H and O–H groups in total. The summed E-state index contributed by atoms with van der Waals surface area (Å²) < 4.78 is 10.7. The van der Waals surface area contributed by atoms with Gasteiger partial charge in [-0.2, -0.15) is 0 Å². The normalized spacial score (nSPS) is 19.6. The molecule has 2 saturated heterocycles. The molecule has 0 amide bonds.